The van der Waals surface area contributed by atoms with Gasteiger partial charge in [-0.2, -0.15) is 0 Å². The fourth-order valence-electron chi connectivity index (χ4n) is 3.87. The zero-order chi connectivity index (χ0) is 26.2. The largest absolute Gasteiger partial charge is 0.395 e. The van der Waals surface area contributed by atoms with Crippen LogP contribution in [0, 0.1) is 20.8 Å². The number of aliphatic hydroxyl groups is 6. The van der Waals surface area contributed by atoms with Crippen LogP contribution in [-0.2, 0) is 4.79 Å². The minimum atomic E-state index is -0.973. The molecule has 0 saturated carbocycles. The van der Waals surface area contributed by atoms with Crippen molar-refractivity contribution in [3.8, 4) is 0 Å². The monoisotopic (exact) mass is 485 g/mol. The molecule has 0 atom stereocenters. The molecule has 0 aliphatic heterocycles. The van der Waals surface area contributed by atoms with E-state index < -0.39 is 69.4 Å². The first kappa shape index (κ1) is 29.4. The molecule has 0 aromatic heterocycles. The molecule has 1 aromatic carbocycles. The Morgan fingerprint density at radius 1 is 0.824 bits per heavy atom. The first-order valence-electron chi connectivity index (χ1n) is 10.7. The normalized spacial score (nSPS) is 11.2. The van der Waals surface area contributed by atoms with Crippen molar-refractivity contribution in [3.05, 3.63) is 27.8 Å². The van der Waals surface area contributed by atoms with Gasteiger partial charge in [0.1, 0.15) is 6.61 Å². The van der Waals surface area contributed by atoms with Crippen LogP contribution in [0.25, 0.3) is 0 Å². The smallest absolute Gasteiger partial charge is 0.254 e. The van der Waals surface area contributed by atoms with Crippen molar-refractivity contribution >= 4 is 23.4 Å². The van der Waals surface area contributed by atoms with Crippen molar-refractivity contribution in [1.29, 1.82) is 0 Å². The van der Waals surface area contributed by atoms with E-state index in [2.05, 4.69) is 5.32 Å². The van der Waals surface area contributed by atoms with Crippen LogP contribution in [0.2, 0.25) is 0 Å². The molecule has 12 nitrogen and oxygen atoms in total. The van der Waals surface area contributed by atoms with E-state index in [0.717, 1.165) is 9.80 Å². The van der Waals surface area contributed by atoms with Gasteiger partial charge in [-0.05, 0) is 37.5 Å². The zero-order valence-corrected chi connectivity index (χ0v) is 19.9. The molecule has 0 unspecified atom stereocenters. The number of carbonyl (C=O) groups is 3. The van der Waals surface area contributed by atoms with Crippen molar-refractivity contribution in [2.45, 2.75) is 32.9 Å². The average Bonchev–Trinajstić information content (AvgIpc) is 2.81. The summed E-state index contributed by atoms with van der Waals surface area (Å²) in [4.78, 5) is 41.3. The molecular weight excluding hydrogens is 450 g/mol. The van der Waals surface area contributed by atoms with Gasteiger partial charge in [-0.3, -0.25) is 14.4 Å². The number of nitrogens with zero attached hydrogens (tertiary/aromatic N) is 2. The van der Waals surface area contributed by atoms with E-state index in [9.17, 15) is 45.0 Å². The Balaban J connectivity index is 3.94. The number of amides is 3. The summed E-state index contributed by atoms with van der Waals surface area (Å²) in [5.74, 6) is -2.13. The Kier molecular flexibility index (Phi) is 11.5. The van der Waals surface area contributed by atoms with Gasteiger partial charge in [0, 0.05) is 24.7 Å². The third-order valence-corrected chi connectivity index (χ3v) is 5.75. The lowest BCUT2D eigenvalue weighted by molar-refractivity contribution is -0.121. The molecule has 12 heteroatoms. The van der Waals surface area contributed by atoms with Gasteiger partial charge in [-0.15, -0.1) is 0 Å². The summed E-state index contributed by atoms with van der Waals surface area (Å²) in [7, 11) is 1.37. The number of hydrogen-bond donors (Lipinski definition) is 7. The van der Waals surface area contributed by atoms with E-state index in [1.807, 2.05) is 0 Å². The highest BCUT2D eigenvalue weighted by molar-refractivity contribution is 6.08. The third kappa shape index (κ3) is 6.09. The van der Waals surface area contributed by atoms with Crippen LogP contribution in [-0.4, -0.2) is 119 Å². The molecule has 0 radical (unpaired) electrons. The third-order valence-electron chi connectivity index (χ3n) is 5.75. The zero-order valence-electron chi connectivity index (χ0n) is 19.9. The van der Waals surface area contributed by atoms with Gasteiger partial charge in [-0.1, -0.05) is 0 Å². The minimum Gasteiger partial charge on any atom is -0.395 e. The van der Waals surface area contributed by atoms with Crippen molar-refractivity contribution in [1.82, 2.24) is 10.2 Å². The quantitative estimate of drug-likeness (QED) is 0.167. The van der Waals surface area contributed by atoms with E-state index in [4.69, 9.17) is 0 Å². The fourth-order valence-corrected chi connectivity index (χ4v) is 3.87. The van der Waals surface area contributed by atoms with Crippen LogP contribution in [0.1, 0.15) is 37.4 Å². The number of carbonyl (C=O) groups excluding carboxylic acids is 3. The molecule has 0 aliphatic carbocycles. The second kappa shape index (κ2) is 13.3. The number of anilines is 1. The van der Waals surface area contributed by atoms with E-state index in [1.165, 1.54) is 20.9 Å². The Hall–Kier alpha value is -2.61. The van der Waals surface area contributed by atoms with Crippen molar-refractivity contribution in [2.24, 2.45) is 0 Å². The molecule has 0 bridgehead atoms. The number of hydrogen-bond acceptors (Lipinski definition) is 9. The van der Waals surface area contributed by atoms with Gasteiger partial charge in [0.05, 0.1) is 50.8 Å². The van der Waals surface area contributed by atoms with Crippen LogP contribution in [0.15, 0.2) is 0 Å². The maximum Gasteiger partial charge on any atom is 0.254 e. The number of aliphatic hydroxyl groups excluding tert-OH is 6. The molecule has 34 heavy (non-hydrogen) atoms. The first-order valence-corrected chi connectivity index (χ1v) is 10.7. The highest BCUT2D eigenvalue weighted by Crippen LogP contribution is 2.35. The lowest BCUT2D eigenvalue weighted by Gasteiger charge is -2.31. The van der Waals surface area contributed by atoms with Gasteiger partial charge in [0.15, 0.2) is 0 Å². The number of nitrogens with one attached hydrogen (secondary N) is 1. The topological polar surface area (TPSA) is 191 Å². The summed E-state index contributed by atoms with van der Waals surface area (Å²) < 4.78 is 0. The molecule has 0 heterocycles. The lowest BCUT2D eigenvalue weighted by Crippen LogP contribution is -2.44. The van der Waals surface area contributed by atoms with Crippen LogP contribution in [0.5, 0.6) is 0 Å². The lowest BCUT2D eigenvalue weighted by atomic mass is 9.89. The second-order valence-corrected chi connectivity index (χ2v) is 7.87. The maximum atomic E-state index is 13.4. The number of likely N-dealkylation sites (N-methyl/N-ethyl adjacent to an activating group) is 1. The Labute approximate surface area is 198 Å². The molecule has 3 amide bonds. The Morgan fingerprint density at radius 2 is 1.35 bits per heavy atom. The molecule has 0 aliphatic rings. The molecule has 0 spiro atoms. The van der Waals surface area contributed by atoms with Crippen LogP contribution < -0.4 is 10.2 Å². The average molecular weight is 486 g/mol. The summed E-state index contributed by atoms with van der Waals surface area (Å²) >= 11 is 0. The van der Waals surface area contributed by atoms with Gasteiger partial charge in [-0.25, -0.2) is 0 Å². The van der Waals surface area contributed by atoms with E-state index in [1.54, 1.807) is 6.92 Å². The maximum absolute atomic E-state index is 13.4. The summed E-state index contributed by atoms with van der Waals surface area (Å²) in [6, 6.07) is -1.90. The summed E-state index contributed by atoms with van der Waals surface area (Å²) in [6.45, 7) is 0.921. The van der Waals surface area contributed by atoms with Crippen LogP contribution in [0.4, 0.5) is 5.69 Å². The molecule has 192 valence electrons. The number of benzene rings is 1. The minimum absolute atomic E-state index is 0.00229. The van der Waals surface area contributed by atoms with Crippen molar-refractivity contribution < 1.29 is 45.0 Å². The summed E-state index contributed by atoms with van der Waals surface area (Å²) in [6.07, 6.45) is 0. The van der Waals surface area contributed by atoms with Gasteiger partial charge in [0.2, 0.25) is 0 Å². The molecular formula is C22H35N3O9. The van der Waals surface area contributed by atoms with Crippen LogP contribution in [0.3, 0.4) is 0 Å². The molecule has 0 saturated heterocycles. The summed E-state index contributed by atoms with van der Waals surface area (Å²) in [5, 5.41) is 59.2. The number of rotatable bonds is 12. The molecule has 7 N–H and O–H groups in total. The van der Waals surface area contributed by atoms with Crippen molar-refractivity contribution in [2.75, 3.05) is 58.1 Å². The van der Waals surface area contributed by atoms with Gasteiger partial charge >= 0.3 is 0 Å². The SMILES string of the molecule is Cc1c(C(=O)NC(CO)CO)c(C)c(N(CCO)C(=O)CO)c(C)c1C(=O)N(C)C(CO)CO. The Bertz CT molecular complexity index is 883. The molecule has 1 rings (SSSR count). The Morgan fingerprint density at radius 3 is 1.79 bits per heavy atom. The highest BCUT2D eigenvalue weighted by atomic mass is 16.3. The van der Waals surface area contributed by atoms with E-state index in [0.29, 0.717) is 0 Å². The van der Waals surface area contributed by atoms with E-state index in [-0.39, 0.29) is 40.0 Å². The predicted molar refractivity (Wildman–Crippen MR) is 123 cm³/mol. The van der Waals surface area contributed by atoms with E-state index >= 15 is 0 Å². The standard InChI is InChI=1S/C22H35N3O9/c1-12-18(21(33)23-15(7-27)8-28)13(2)20(25(5-6-26)17(32)11-31)14(3)19(12)22(34)24(4)16(9-29)10-30/h15-16,26-31H,5-11H2,1-4H3,(H,23,33). The fraction of sp³-hybridized carbons (Fsp3) is 0.591. The molecule has 0 fully saturated rings. The molecule has 1 aromatic rings. The predicted octanol–water partition coefficient (Wildman–Crippen LogP) is -2.56. The van der Waals surface area contributed by atoms with Crippen LogP contribution >= 0.6 is 0 Å². The second-order valence-electron chi connectivity index (χ2n) is 7.87. The van der Waals surface area contributed by atoms with Crippen molar-refractivity contribution in [3.63, 3.8) is 0 Å². The van der Waals surface area contributed by atoms with Gasteiger partial charge in [0.25, 0.3) is 17.7 Å². The highest BCUT2D eigenvalue weighted by Gasteiger charge is 2.32. The summed E-state index contributed by atoms with van der Waals surface area (Å²) in [5.41, 5.74) is 0.958. The van der Waals surface area contributed by atoms with Gasteiger partial charge < -0.3 is 45.8 Å². The first-order chi connectivity index (χ1) is 16.1.